The van der Waals surface area contributed by atoms with Gasteiger partial charge in [-0.25, -0.2) is 0 Å². The SMILES string of the molecule is O=C(N1CCOCC1)C(F)(F)Sc1ccccc1. The monoisotopic (exact) mass is 273 g/mol. The lowest BCUT2D eigenvalue weighted by molar-refractivity contribution is -0.150. The summed E-state index contributed by atoms with van der Waals surface area (Å²) in [6, 6.07) is 8.19. The van der Waals surface area contributed by atoms with Gasteiger partial charge in [0.1, 0.15) is 0 Å². The number of carbonyl (C=O) groups excluding carboxylic acids is 1. The third-order valence-electron chi connectivity index (χ3n) is 2.54. The minimum absolute atomic E-state index is 0.226. The molecular formula is C12H13F2NO2S. The topological polar surface area (TPSA) is 29.5 Å². The fourth-order valence-electron chi connectivity index (χ4n) is 1.63. The number of benzene rings is 1. The van der Waals surface area contributed by atoms with E-state index in [0.717, 1.165) is 4.90 Å². The van der Waals surface area contributed by atoms with Gasteiger partial charge in [-0.05, 0) is 23.9 Å². The number of ether oxygens (including phenoxy) is 1. The molecule has 0 aliphatic carbocycles. The fraction of sp³-hybridized carbons (Fsp3) is 0.417. The van der Waals surface area contributed by atoms with Gasteiger partial charge in [0.15, 0.2) is 0 Å². The summed E-state index contributed by atoms with van der Waals surface area (Å²) in [5.41, 5.74) is 0. The molecule has 0 spiro atoms. The van der Waals surface area contributed by atoms with E-state index in [1.165, 1.54) is 0 Å². The highest BCUT2D eigenvalue weighted by Crippen LogP contribution is 2.37. The average molecular weight is 273 g/mol. The number of amides is 1. The van der Waals surface area contributed by atoms with E-state index in [-0.39, 0.29) is 24.9 Å². The Morgan fingerprint density at radius 1 is 1.22 bits per heavy atom. The van der Waals surface area contributed by atoms with Gasteiger partial charge in [0.2, 0.25) is 0 Å². The number of nitrogens with zero attached hydrogens (tertiary/aromatic N) is 1. The van der Waals surface area contributed by atoms with Crippen molar-refractivity contribution in [2.45, 2.75) is 10.2 Å². The van der Waals surface area contributed by atoms with Gasteiger partial charge in [-0.2, -0.15) is 8.78 Å². The largest absolute Gasteiger partial charge is 0.378 e. The summed E-state index contributed by atoms with van der Waals surface area (Å²) in [4.78, 5) is 13.3. The Morgan fingerprint density at radius 2 is 1.83 bits per heavy atom. The first-order chi connectivity index (χ1) is 8.59. The second-order valence-electron chi connectivity index (χ2n) is 3.84. The number of thioether (sulfide) groups is 1. The predicted octanol–water partition coefficient (Wildman–Crippen LogP) is 2.23. The Kier molecular flexibility index (Phi) is 4.19. The van der Waals surface area contributed by atoms with Gasteiger partial charge >= 0.3 is 11.2 Å². The van der Waals surface area contributed by atoms with Gasteiger partial charge in [0.05, 0.1) is 13.2 Å². The molecule has 0 N–H and O–H groups in total. The molecule has 0 radical (unpaired) electrons. The molecule has 0 atom stereocenters. The number of halogens is 2. The summed E-state index contributed by atoms with van der Waals surface area (Å²) in [6.45, 7) is 1.09. The summed E-state index contributed by atoms with van der Waals surface area (Å²) in [6.07, 6.45) is 0. The summed E-state index contributed by atoms with van der Waals surface area (Å²) in [7, 11) is 0. The summed E-state index contributed by atoms with van der Waals surface area (Å²) >= 11 is 0.282. The van der Waals surface area contributed by atoms with Crippen molar-refractivity contribution in [2.24, 2.45) is 0 Å². The van der Waals surface area contributed by atoms with Crippen LogP contribution in [0.25, 0.3) is 0 Å². The van der Waals surface area contributed by atoms with E-state index in [0.29, 0.717) is 18.1 Å². The first-order valence-corrected chi connectivity index (χ1v) is 6.40. The number of rotatable bonds is 3. The van der Waals surface area contributed by atoms with Crippen molar-refractivity contribution in [1.29, 1.82) is 0 Å². The van der Waals surface area contributed by atoms with E-state index in [1.54, 1.807) is 30.3 Å². The Hall–Kier alpha value is -1.14. The van der Waals surface area contributed by atoms with Crippen LogP contribution in [0.1, 0.15) is 0 Å². The first-order valence-electron chi connectivity index (χ1n) is 5.58. The van der Waals surface area contributed by atoms with Gasteiger partial charge in [0.25, 0.3) is 0 Å². The summed E-state index contributed by atoms with van der Waals surface area (Å²) < 4.78 is 32.7. The van der Waals surface area contributed by atoms with E-state index < -0.39 is 11.2 Å². The van der Waals surface area contributed by atoms with Crippen LogP contribution in [-0.4, -0.2) is 42.4 Å². The molecule has 3 nitrogen and oxygen atoms in total. The number of carbonyl (C=O) groups is 1. The van der Waals surface area contributed by atoms with Crippen LogP contribution in [0, 0.1) is 0 Å². The van der Waals surface area contributed by atoms with Crippen LogP contribution in [0.4, 0.5) is 8.78 Å². The number of hydrogen-bond acceptors (Lipinski definition) is 3. The molecule has 0 saturated carbocycles. The molecule has 6 heteroatoms. The van der Waals surface area contributed by atoms with Crippen LogP contribution in [0.5, 0.6) is 0 Å². The molecule has 1 saturated heterocycles. The highest BCUT2D eigenvalue weighted by Gasteiger charge is 2.43. The highest BCUT2D eigenvalue weighted by molar-refractivity contribution is 8.01. The van der Waals surface area contributed by atoms with Gasteiger partial charge < -0.3 is 9.64 Å². The van der Waals surface area contributed by atoms with Gasteiger partial charge in [-0.1, -0.05) is 18.2 Å². The predicted molar refractivity (Wildman–Crippen MR) is 64.6 cm³/mol. The second kappa shape index (κ2) is 5.67. The van der Waals surface area contributed by atoms with Gasteiger partial charge in [-0.15, -0.1) is 0 Å². The number of alkyl halides is 2. The molecule has 18 heavy (non-hydrogen) atoms. The molecule has 0 aromatic heterocycles. The van der Waals surface area contributed by atoms with Gasteiger partial charge in [-0.3, -0.25) is 4.79 Å². The zero-order valence-corrected chi connectivity index (χ0v) is 10.5. The van der Waals surface area contributed by atoms with Crippen LogP contribution in [0.15, 0.2) is 35.2 Å². The molecule has 98 valence electrons. The molecule has 1 fully saturated rings. The maximum absolute atomic E-state index is 13.8. The molecule has 1 heterocycles. The van der Waals surface area contributed by atoms with E-state index in [2.05, 4.69) is 0 Å². The lowest BCUT2D eigenvalue weighted by atomic mass is 10.4. The normalized spacial score (nSPS) is 16.7. The molecule has 1 aliphatic rings. The van der Waals surface area contributed by atoms with Crippen molar-refractivity contribution in [2.75, 3.05) is 26.3 Å². The van der Waals surface area contributed by atoms with E-state index in [9.17, 15) is 13.6 Å². The van der Waals surface area contributed by atoms with Crippen LogP contribution in [-0.2, 0) is 9.53 Å². The third kappa shape index (κ3) is 3.20. The minimum atomic E-state index is -3.43. The van der Waals surface area contributed by atoms with E-state index in [4.69, 9.17) is 4.74 Å². The van der Waals surface area contributed by atoms with Crippen LogP contribution in [0.2, 0.25) is 0 Å². The van der Waals surface area contributed by atoms with Crippen LogP contribution >= 0.6 is 11.8 Å². The molecule has 1 aromatic rings. The van der Waals surface area contributed by atoms with Crippen LogP contribution < -0.4 is 0 Å². The summed E-state index contributed by atoms with van der Waals surface area (Å²) in [5.74, 6) is -1.14. The maximum atomic E-state index is 13.8. The van der Waals surface area contributed by atoms with Crippen molar-refractivity contribution in [3.8, 4) is 0 Å². The minimum Gasteiger partial charge on any atom is -0.378 e. The number of hydrogen-bond donors (Lipinski definition) is 0. The highest BCUT2D eigenvalue weighted by atomic mass is 32.2. The van der Waals surface area contributed by atoms with Crippen molar-refractivity contribution in [1.82, 2.24) is 4.90 Å². The van der Waals surface area contributed by atoms with Crippen molar-refractivity contribution >= 4 is 17.7 Å². The van der Waals surface area contributed by atoms with Crippen molar-refractivity contribution in [3.05, 3.63) is 30.3 Å². The molecule has 0 bridgehead atoms. The Labute approximate surface area is 108 Å². The van der Waals surface area contributed by atoms with E-state index in [1.807, 2.05) is 0 Å². The zero-order chi connectivity index (χ0) is 13.0. The Bertz CT molecular complexity index is 408. The van der Waals surface area contributed by atoms with Crippen molar-refractivity contribution < 1.29 is 18.3 Å². The Morgan fingerprint density at radius 3 is 2.44 bits per heavy atom. The Balaban J connectivity index is 2.03. The lowest BCUT2D eigenvalue weighted by Gasteiger charge is -2.29. The standard InChI is InChI=1S/C12H13F2NO2S/c13-12(14,18-10-4-2-1-3-5-10)11(16)15-6-8-17-9-7-15/h1-5H,6-9H2. The fourth-order valence-corrected chi connectivity index (χ4v) is 2.44. The zero-order valence-electron chi connectivity index (χ0n) is 9.64. The van der Waals surface area contributed by atoms with Crippen molar-refractivity contribution in [3.63, 3.8) is 0 Å². The van der Waals surface area contributed by atoms with Gasteiger partial charge in [0, 0.05) is 18.0 Å². The average Bonchev–Trinajstić information content (AvgIpc) is 2.39. The maximum Gasteiger partial charge on any atom is 0.375 e. The first kappa shape index (κ1) is 13.3. The molecular weight excluding hydrogens is 260 g/mol. The molecule has 0 unspecified atom stereocenters. The second-order valence-corrected chi connectivity index (χ2v) is 5.02. The molecule has 1 amide bonds. The lowest BCUT2D eigenvalue weighted by Crippen LogP contribution is -2.47. The molecule has 2 rings (SSSR count). The van der Waals surface area contributed by atoms with E-state index >= 15 is 0 Å². The van der Waals surface area contributed by atoms with Crippen LogP contribution in [0.3, 0.4) is 0 Å². The quantitative estimate of drug-likeness (QED) is 0.791. The molecule has 1 aliphatic heterocycles. The number of morpholine rings is 1. The molecule has 1 aromatic carbocycles. The smallest absolute Gasteiger partial charge is 0.375 e. The third-order valence-corrected chi connectivity index (χ3v) is 3.48. The summed E-state index contributed by atoms with van der Waals surface area (Å²) in [5, 5.41) is -3.43.